The first kappa shape index (κ1) is 10.7. The van der Waals surface area contributed by atoms with Crippen LogP contribution in [0.15, 0.2) is 6.33 Å². The molecule has 0 saturated heterocycles. The first-order valence-electron chi connectivity index (χ1n) is 5.46. The molecule has 1 N–H and O–H groups in total. The van der Waals surface area contributed by atoms with Gasteiger partial charge in [0, 0.05) is 13.1 Å². The van der Waals surface area contributed by atoms with Gasteiger partial charge in [0.1, 0.15) is 6.33 Å². The Kier molecular flexibility index (Phi) is 2.56. The highest BCUT2D eigenvalue weighted by Crippen LogP contribution is 2.28. The molecule has 6 nitrogen and oxygen atoms in total. The minimum Gasteiger partial charge on any atom is -0.391 e. The van der Waals surface area contributed by atoms with E-state index in [0.717, 1.165) is 41.2 Å². The predicted molar refractivity (Wildman–Crippen MR) is 63.8 cm³/mol. The lowest BCUT2D eigenvalue weighted by molar-refractivity contribution is 0.284. The second kappa shape index (κ2) is 4.08. The largest absolute Gasteiger partial charge is 0.391 e. The van der Waals surface area contributed by atoms with Crippen molar-refractivity contribution in [1.29, 1.82) is 0 Å². The molecule has 1 aliphatic heterocycles. The summed E-state index contributed by atoms with van der Waals surface area (Å²) in [6.07, 6.45) is 1.76. The van der Waals surface area contributed by atoms with E-state index in [0.29, 0.717) is 0 Å². The smallest absolute Gasteiger partial charge is 0.186 e. The molecule has 0 radical (unpaired) electrons. The first-order valence-corrected chi connectivity index (χ1v) is 6.28. The van der Waals surface area contributed by atoms with Crippen molar-refractivity contribution in [3.63, 3.8) is 0 Å². The van der Waals surface area contributed by atoms with Crippen molar-refractivity contribution in [1.82, 2.24) is 19.7 Å². The van der Waals surface area contributed by atoms with Gasteiger partial charge in [-0.2, -0.15) is 0 Å². The quantitative estimate of drug-likeness (QED) is 0.844. The SMILES string of the molecule is Cc1nc(N2CCn3cnnc3C2)sc1CO. The second-order valence-corrected chi connectivity index (χ2v) is 5.09. The lowest BCUT2D eigenvalue weighted by Crippen LogP contribution is -2.33. The van der Waals surface area contributed by atoms with Crippen LogP contribution in [0.1, 0.15) is 16.4 Å². The molecule has 3 rings (SSSR count). The van der Waals surface area contributed by atoms with Crippen LogP contribution in [0.3, 0.4) is 0 Å². The lowest BCUT2D eigenvalue weighted by Gasteiger charge is -2.26. The van der Waals surface area contributed by atoms with Crippen LogP contribution in [-0.2, 0) is 19.7 Å². The number of anilines is 1. The molecule has 0 unspecified atom stereocenters. The number of hydrogen-bond acceptors (Lipinski definition) is 6. The maximum Gasteiger partial charge on any atom is 0.186 e. The van der Waals surface area contributed by atoms with E-state index in [1.807, 2.05) is 6.92 Å². The average molecular weight is 251 g/mol. The van der Waals surface area contributed by atoms with Crippen molar-refractivity contribution in [2.24, 2.45) is 0 Å². The zero-order valence-electron chi connectivity index (χ0n) is 9.50. The van der Waals surface area contributed by atoms with Crippen molar-refractivity contribution < 1.29 is 5.11 Å². The summed E-state index contributed by atoms with van der Waals surface area (Å²) in [5.74, 6) is 0.967. The Morgan fingerprint density at radius 1 is 1.47 bits per heavy atom. The van der Waals surface area contributed by atoms with E-state index in [4.69, 9.17) is 0 Å². The number of rotatable bonds is 2. The summed E-state index contributed by atoms with van der Waals surface area (Å²) in [4.78, 5) is 7.61. The van der Waals surface area contributed by atoms with Gasteiger partial charge in [-0.05, 0) is 6.92 Å². The molecule has 90 valence electrons. The van der Waals surface area contributed by atoms with Crippen LogP contribution in [0.2, 0.25) is 0 Å². The van der Waals surface area contributed by atoms with Gasteiger partial charge in [0.2, 0.25) is 0 Å². The molecule has 7 heteroatoms. The third-order valence-corrected chi connectivity index (χ3v) is 4.14. The molecule has 0 spiro atoms. The number of fused-ring (bicyclic) bond motifs is 1. The molecule has 0 aromatic carbocycles. The van der Waals surface area contributed by atoms with E-state index in [-0.39, 0.29) is 6.61 Å². The molecule has 0 amide bonds. The number of thiazole rings is 1. The van der Waals surface area contributed by atoms with Gasteiger partial charge >= 0.3 is 0 Å². The van der Waals surface area contributed by atoms with Crippen LogP contribution in [0, 0.1) is 6.92 Å². The zero-order valence-corrected chi connectivity index (χ0v) is 10.3. The van der Waals surface area contributed by atoms with Crippen LogP contribution in [0.4, 0.5) is 5.13 Å². The van der Waals surface area contributed by atoms with E-state index in [1.165, 1.54) is 0 Å². The molecule has 2 aromatic heterocycles. The summed E-state index contributed by atoms with van der Waals surface area (Å²) in [5.41, 5.74) is 0.916. The maximum atomic E-state index is 9.18. The summed E-state index contributed by atoms with van der Waals surface area (Å²) in [7, 11) is 0. The third kappa shape index (κ3) is 1.81. The second-order valence-electron chi connectivity index (χ2n) is 4.03. The van der Waals surface area contributed by atoms with E-state index >= 15 is 0 Å². The van der Waals surface area contributed by atoms with Crippen LogP contribution >= 0.6 is 11.3 Å². The standard InChI is InChI=1S/C10H13N5OS/c1-7-8(5-16)17-10(12-7)14-2-3-15-6-11-13-9(15)4-14/h6,16H,2-5H2,1H3. The number of nitrogens with zero attached hydrogens (tertiary/aromatic N) is 5. The molecule has 0 aliphatic carbocycles. The topological polar surface area (TPSA) is 67.1 Å². The van der Waals surface area contributed by atoms with Crippen LogP contribution in [-0.4, -0.2) is 31.4 Å². The third-order valence-electron chi connectivity index (χ3n) is 2.93. The minimum absolute atomic E-state index is 0.0630. The van der Waals surface area contributed by atoms with E-state index in [9.17, 15) is 5.11 Å². The van der Waals surface area contributed by atoms with Gasteiger partial charge in [-0.3, -0.25) is 0 Å². The van der Waals surface area contributed by atoms with Crippen molar-refractivity contribution in [3.8, 4) is 0 Å². The maximum absolute atomic E-state index is 9.18. The van der Waals surface area contributed by atoms with Crippen molar-refractivity contribution in [2.45, 2.75) is 26.6 Å². The van der Waals surface area contributed by atoms with Gasteiger partial charge < -0.3 is 14.6 Å². The number of aromatic nitrogens is 4. The summed E-state index contributed by atoms with van der Waals surface area (Å²) in [6, 6.07) is 0. The Hall–Kier alpha value is -1.47. The average Bonchev–Trinajstić information content (AvgIpc) is 2.93. The molecular weight excluding hydrogens is 238 g/mol. The zero-order chi connectivity index (χ0) is 11.8. The number of aliphatic hydroxyl groups is 1. The van der Waals surface area contributed by atoms with E-state index in [1.54, 1.807) is 17.7 Å². The minimum atomic E-state index is 0.0630. The molecule has 0 bridgehead atoms. The predicted octanol–water partition coefficient (Wildman–Crippen LogP) is 0.556. The van der Waals surface area contributed by atoms with Gasteiger partial charge in [0.05, 0.1) is 23.7 Å². The molecule has 1 aliphatic rings. The highest BCUT2D eigenvalue weighted by atomic mass is 32.1. The molecule has 0 saturated carbocycles. The Morgan fingerprint density at radius 3 is 3.12 bits per heavy atom. The fourth-order valence-corrected chi connectivity index (χ4v) is 2.87. The number of aryl methyl sites for hydroxylation is 1. The van der Waals surface area contributed by atoms with Crippen LogP contribution in [0.5, 0.6) is 0 Å². The highest BCUT2D eigenvalue weighted by Gasteiger charge is 2.20. The highest BCUT2D eigenvalue weighted by molar-refractivity contribution is 7.15. The Bertz CT molecular complexity index is 535. The van der Waals surface area contributed by atoms with Gasteiger partial charge in [0.25, 0.3) is 0 Å². The van der Waals surface area contributed by atoms with Gasteiger partial charge in [-0.15, -0.1) is 10.2 Å². The van der Waals surface area contributed by atoms with Gasteiger partial charge in [0.15, 0.2) is 11.0 Å². The summed E-state index contributed by atoms with van der Waals surface area (Å²) < 4.78 is 2.06. The molecule has 2 aromatic rings. The van der Waals surface area contributed by atoms with Crippen molar-refractivity contribution >= 4 is 16.5 Å². The van der Waals surface area contributed by atoms with Crippen molar-refractivity contribution in [2.75, 3.05) is 11.4 Å². The molecule has 17 heavy (non-hydrogen) atoms. The summed E-state index contributed by atoms with van der Waals surface area (Å²) in [5, 5.41) is 18.1. The Balaban J connectivity index is 1.86. The normalized spacial score (nSPS) is 15.1. The molecule has 0 fully saturated rings. The van der Waals surface area contributed by atoms with Crippen LogP contribution in [0.25, 0.3) is 0 Å². The fourth-order valence-electron chi connectivity index (χ4n) is 1.92. The van der Waals surface area contributed by atoms with Gasteiger partial charge in [-0.1, -0.05) is 11.3 Å². The number of hydrogen-bond donors (Lipinski definition) is 1. The first-order chi connectivity index (χ1) is 8.28. The summed E-state index contributed by atoms with van der Waals surface area (Å²) in [6.45, 7) is 4.52. The van der Waals surface area contributed by atoms with Gasteiger partial charge in [-0.25, -0.2) is 4.98 Å². The van der Waals surface area contributed by atoms with E-state index in [2.05, 4.69) is 24.6 Å². The van der Waals surface area contributed by atoms with E-state index < -0.39 is 0 Å². The molecule has 3 heterocycles. The number of aliphatic hydroxyl groups excluding tert-OH is 1. The summed E-state index contributed by atoms with van der Waals surface area (Å²) >= 11 is 1.55. The Labute approximate surface area is 103 Å². The lowest BCUT2D eigenvalue weighted by atomic mass is 10.4. The van der Waals surface area contributed by atoms with Crippen LogP contribution < -0.4 is 4.90 Å². The monoisotopic (exact) mass is 251 g/mol. The fraction of sp³-hybridized carbons (Fsp3) is 0.500. The Morgan fingerprint density at radius 2 is 2.35 bits per heavy atom. The van der Waals surface area contributed by atoms with Crippen molar-refractivity contribution in [3.05, 3.63) is 22.7 Å². The molecular formula is C10H13N5OS. The molecule has 0 atom stereocenters.